The lowest BCUT2D eigenvalue weighted by molar-refractivity contribution is -0.116. The molecule has 0 aliphatic heterocycles. The van der Waals surface area contributed by atoms with E-state index in [9.17, 15) is 19.2 Å². The predicted octanol–water partition coefficient (Wildman–Crippen LogP) is 0.518. The number of aromatic nitrogens is 8. The molecule has 4 aromatic heterocycles. The largest absolute Gasteiger partial charge is 0.332 e. The Labute approximate surface area is 210 Å². The highest BCUT2D eigenvalue weighted by molar-refractivity contribution is 5.91. The van der Waals surface area contributed by atoms with Crippen LogP contribution in [0.5, 0.6) is 0 Å². The molecule has 4 heterocycles. The van der Waals surface area contributed by atoms with Gasteiger partial charge in [0.1, 0.15) is 12.4 Å². The lowest BCUT2D eigenvalue weighted by Gasteiger charge is -2.16. The van der Waals surface area contributed by atoms with Crippen molar-refractivity contribution in [1.29, 1.82) is 0 Å². The van der Waals surface area contributed by atoms with E-state index >= 15 is 0 Å². The van der Waals surface area contributed by atoms with Crippen LogP contribution >= 0.6 is 0 Å². The molecule has 13 nitrogen and oxygen atoms in total. The molecule has 0 unspecified atom stereocenters. The van der Waals surface area contributed by atoms with Gasteiger partial charge in [-0.15, -0.1) is 0 Å². The minimum Gasteiger partial charge on any atom is -0.315 e. The summed E-state index contributed by atoms with van der Waals surface area (Å²) in [5.41, 5.74) is 0.902. The average molecular weight is 508 g/mol. The van der Waals surface area contributed by atoms with Crippen molar-refractivity contribution >= 4 is 22.9 Å². The third-order valence-electron chi connectivity index (χ3n) is 6.66. The van der Waals surface area contributed by atoms with Gasteiger partial charge < -0.3 is 9.88 Å². The van der Waals surface area contributed by atoms with E-state index in [-0.39, 0.29) is 34.6 Å². The first-order valence-electron chi connectivity index (χ1n) is 12.1. The summed E-state index contributed by atoms with van der Waals surface area (Å²) in [4.78, 5) is 62.5. The van der Waals surface area contributed by atoms with Crippen molar-refractivity contribution in [1.82, 2.24) is 38.4 Å². The van der Waals surface area contributed by atoms with Gasteiger partial charge in [-0.2, -0.15) is 9.78 Å². The van der Waals surface area contributed by atoms with Crippen molar-refractivity contribution in [3.63, 3.8) is 0 Å². The number of H-pyrrole nitrogens is 1. The normalized spacial score (nSPS) is 13.6. The molecular weight excluding hydrogens is 478 g/mol. The van der Waals surface area contributed by atoms with Crippen molar-refractivity contribution in [2.24, 2.45) is 14.1 Å². The second-order valence-corrected chi connectivity index (χ2v) is 10.4. The van der Waals surface area contributed by atoms with Crippen LogP contribution in [0.4, 0.5) is 5.82 Å². The molecule has 0 aromatic carbocycles. The number of rotatable bonds is 4. The number of anilines is 1. The fraction of sp³-hybridized carbons (Fsp3) is 0.458. The van der Waals surface area contributed by atoms with Crippen LogP contribution in [0, 0.1) is 0 Å². The number of amides is 1. The van der Waals surface area contributed by atoms with Crippen LogP contribution in [0.15, 0.2) is 26.8 Å². The van der Waals surface area contributed by atoms with Crippen LogP contribution in [0.2, 0.25) is 0 Å². The molecule has 13 heteroatoms. The minimum atomic E-state index is -0.542. The van der Waals surface area contributed by atoms with E-state index in [1.807, 2.05) is 20.8 Å². The van der Waals surface area contributed by atoms with Gasteiger partial charge in [0.15, 0.2) is 11.2 Å². The third-order valence-corrected chi connectivity index (χ3v) is 6.66. The lowest BCUT2D eigenvalue weighted by Crippen LogP contribution is -2.37. The van der Waals surface area contributed by atoms with Crippen LogP contribution in [0.1, 0.15) is 50.6 Å². The Morgan fingerprint density at radius 3 is 2.57 bits per heavy atom. The molecule has 37 heavy (non-hydrogen) atoms. The number of carbonyl (C=O) groups is 1. The van der Waals surface area contributed by atoms with Crippen molar-refractivity contribution in [2.75, 3.05) is 5.32 Å². The summed E-state index contributed by atoms with van der Waals surface area (Å²) in [6.45, 7) is 5.75. The molecule has 0 saturated carbocycles. The quantitative estimate of drug-likeness (QED) is 0.408. The zero-order valence-electron chi connectivity index (χ0n) is 21.5. The van der Waals surface area contributed by atoms with Crippen LogP contribution in [0.25, 0.3) is 17.1 Å². The fourth-order valence-electron chi connectivity index (χ4n) is 4.54. The molecule has 0 spiro atoms. The summed E-state index contributed by atoms with van der Waals surface area (Å²) >= 11 is 0. The highest BCUT2D eigenvalue weighted by Crippen LogP contribution is 2.26. The van der Waals surface area contributed by atoms with Crippen molar-refractivity contribution in [2.45, 2.75) is 58.4 Å². The van der Waals surface area contributed by atoms with Gasteiger partial charge in [0.05, 0.1) is 17.7 Å². The summed E-state index contributed by atoms with van der Waals surface area (Å²) in [5, 5.41) is 7.49. The smallest absolute Gasteiger partial charge is 0.315 e. The van der Waals surface area contributed by atoms with E-state index in [1.165, 1.54) is 34.2 Å². The van der Waals surface area contributed by atoms with E-state index in [0.29, 0.717) is 29.9 Å². The summed E-state index contributed by atoms with van der Waals surface area (Å²) in [5.74, 6) is 0.115. The fourth-order valence-corrected chi connectivity index (χ4v) is 4.54. The summed E-state index contributed by atoms with van der Waals surface area (Å²) < 4.78 is 5.06. The van der Waals surface area contributed by atoms with Gasteiger partial charge >= 0.3 is 5.69 Å². The summed E-state index contributed by atoms with van der Waals surface area (Å²) in [7, 11) is 2.89. The Morgan fingerprint density at radius 2 is 1.84 bits per heavy atom. The number of fused-ring (bicyclic) bond motifs is 2. The molecule has 0 saturated heterocycles. The Hall–Kier alpha value is -4.29. The first-order valence-corrected chi connectivity index (χ1v) is 12.1. The van der Waals surface area contributed by atoms with Gasteiger partial charge in [0.25, 0.3) is 11.1 Å². The number of imidazole rings is 1. The number of aromatic amines is 1. The van der Waals surface area contributed by atoms with Gasteiger partial charge in [-0.25, -0.2) is 14.8 Å². The topological polar surface area (TPSA) is 154 Å². The van der Waals surface area contributed by atoms with Gasteiger partial charge in [-0.1, -0.05) is 20.8 Å². The first-order chi connectivity index (χ1) is 17.5. The van der Waals surface area contributed by atoms with Crippen LogP contribution in [0.3, 0.4) is 0 Å². The van der Waals surface area contributed by atoms with E-state index in [2.05, 4.69) is 25.4 Å². The molecule has 4 aromatic rings. The van der Waals surface area contributed by atoms with E-state index in [4.69, 9.17) is 0 Å². The molecule has 0 atom stereocenters. The van der Waals surface area contributed by atoms with Crippen molar-refractivity contribution < 1.29 is 4.79 Å². The highest BCUT2D eigenvalue weighted by atomic mass is 16.2. The number of carbonyl (C=O) groups excluding carboxylic acids is 1. The zero-order chi connectivity index (χ0) is 26.6. The average Bonchev–Trinajstić information content (AvgIpc) is 3.46. The maximum Gasteiger partial charge on any atom is 0.332 e. The maximum atomic E-state index is 13.1. The SMILES string of the molecule is Cn1c(=O)c2c(ncn2CC(=O)Nc2cc(C(C)(C)C)nn2-c2nc3c(c(=O)[nH]2)CCCC3)n(C)c1=O. The Morgan fingerprint density at radius 1 is 1.11 bits per heavy atom. The number of aryl methyl sites for hydroxylation is 2. The first kappa shape index (κ1) is 24.4. The van der Waals surface area contributed by atoms with Crippen LogP contribution < -0.4 is 22.1 Å². The number of nitrogens with zero attached hydrogens (tertiary/aromatic N) is 7. The molecule has 5 rings (SSSR count). The van der Waals surface area contributed by atoms with Gasteiger partial charge in [-0.05, 0) is 25.7 Å². The molecule has 0 bridgehead atoms. The molecule has 1 aliphatic rings. The molecule has 194 valence electrons. The highest BCUT2D eigenvalue weighted by Gasteiger charge is 2.24. The van der Waals surface area contributed by atoms with E-state index in [0.717, 1.165) is 23.1 Å². The summed E-state index contributed by atoms with van der Waals surface area (Å²) in [6.07, 6.45) is 4.67. The molecular formula is C24H29N9O4. The third kappa shape index (κ3) is 4.19. The number of nitrogens with one attached hydrogen (secondary N) is 2. The zero-order valence-corrected chi connectivity index (χ0v) is 21.5. The lowest BCUT2D eigenvalue weighted by atomic mass is 9.92. The van der Waals surface area contributed by atoms with Gasteiger partial charge in [0, 0.05) is 31.1 Å². The Bertz CT molecular complexity index is 1730. The van der Waals surface area contributed by atoms with Gasteiger partial charge in [-0.3, -0.25) is 28.5 Å². The molecule has 1 amide bonds. The van der Waals surface area contributed by atoms with Crippen molar-refractivity contribution in [3.05, 3.63) is 60.5 Å². The second-order valence-electron chi connectivity index (χ2n) is 10.4. The summed E-state index contributed by atoms with van der Waals surface area (Å²) in [6, 6.07) is 1.74. The number of hydrogen-bond acceptors (Lipinski definition) is 7. The molecule has 0 fully saturated rings. The maximum absolute atomic E-state index is 13.1. The molecule has 1 aliphatic carbocycles. The van der Waals surface area contributed by atoms with Crippen LogP contribution in [-0.2, 0) is 43.7 Å². The van der Waals surface area contributed by atoms with Crippen LogP contribution in [-0.4, -0.2) is 44.3 Å². The second kappa shape index (κ2) is 8.68. The van der Waals surface area contributed by atoms with E-state index < -0.39 is 17.2 Å². The number of hydrogen-bond donors (Lipinski definition) is 2. The predicted molar refractivity (Wildman–Crippen MR) is 136 cm³/mol. The van der Waals surface area contributed by atoms with Gasteiger partial charge in [0.2, 0.25) is 11.9 Å². The Balaban J connectivity index is 1.52. The van der Waals surface area contributed by atoms with E-state index in [1.54, 1.807) is 6.07 Å². The Kier molecular flexibility index (Phi) is 5.72. The monoisotopic (exact) mass is 507 g/mol. The minimum absolute atomic E-state index is 0.143. The van der Waals surface area contributed by atoms with Crippen molar-refractivity contribution in [3.8, 4) is 5.95 Å². The standard InChI is InChI=1S/C24H29N9O4/c1-24(2,3)15-10-16(33(29-15)22-26-14-9-7-6-8-13(14)20(35)28-22)27-17(34)11-32-12-25-19-18(32)21(36)31(5)23(37)30(19)4/h10,12H,6-9,11H2,1-5H3,(H,27,34)(H,26,28,35). The molecule has 2 N–H and O–H groups in total. The molecule has 0 radical (unpaired) electrons.